The molecule has 1 aromatic rings. The van der Waals surface area contributed by atoms with E-state index in [1.165, 1.54) is 24.7 Å². The van der Waals surface area contributed by atoms with Gasteiger partial charge in [-0.05, 0) is 17.5 Å². The maximum atomic E-state index is 10.9. The summed E-state index contributed by atoms with van der Waals surface area (Å²) in [5.41, 5.74) is -1.71. The largest absolute Gasteiger partial charge is 0.466 e. The Balaban J connectivity index is 2.96. The van der Waals surface area contributed by atoms with Crippen LogP contribution < -0.4 is 0 Å². The molecule has 1 aromatic heterocycles. The molecule has 0 amide bonds. The zero-order valence-corrected chi connectivity index (χ0v) is 10.3. The van der Waals surface area contributed by atoms with Gasteiger partial charge in [0.25, 0.3) is 5.54 Å². The number of carbonyl (C=O) groups excluding carboxylic acids is 1. The summed E-state index contributed by atoms with van der Waals surface area (Å²) in [5, 5.41) is 19.9. The molecule has 0 saturated carbocycles. The number of rotatable bonds is 4. The third kappa shape index (κ3) is 3.55. The van der Waals surface area contributed by atoms with Crippen LogP contribution in [0.4, 0.5) is 0 Å². The first-order chi connectivity index (χ1) is 8.65. The van der Waals surface area contributed by atoms with Crippen LogP contribution in [0.1, 0.15) is 4.88 Å². The second kappa shape index (κ2) is 6.33. The van der Waals surface area contributed by atoms with Crippen molar-refractivity contribution in [3.8, 4) is 12.1 Å². The second-order valence-corrected chi connectivity index (χ2v) is 4.10. The molecular weight excluding hydrogens is 250 g/mol. The summed E-state index contributed by atoms with van der Waals surface area (Å²) >= 11 is 1.43. The van der Waals surface area contributed by atoms with E-state index < -0.39 is 11.5 Å². The quantitative estimate of drug-likeness (QED) is 0.467. The Kier molecular flexibility index (Phi) is 4.79. The van der Waals surface area contributed by atoms with Gasteiger partial charge in [0.05, 0.1) is 7.11 Å². The molecule has 90 valence electrons. The minimum Gasteiger partial charge on any atom is -0.466 e. The van der Waals surface area contributed by atoms with Crippen molar-refractivity contribution in [1.29, 1.82) is 10.5 Å². The van der Waals surface area contributed by atoms with E-state index >= 15 is 0 Å². The fourth-order valence-electron chi connectivity index (χ4n) is 0.987. The van der Waals surface area contributed by atoms with Crippen LogP contribution in [0, 0.1) is 22.7 Å². The summed E-state index contributed by atoms with van der Waals surface area (Å²) in [5.74, 6) is -0.642. The van der Waals surface area contributed by atoms with E-state index in [0.717, 1.165) is 17.0 Å². The Morgan fingerprint density at radius 2 is 2.28 bits per heavy atom. The van der Waals surface area contributed by atoms with Crippen LogP contribution in [0.2, 0.25) is 0 Å². The topological polar surface area (TPSA) is 86.2 Å². The van der Waals surface area contributed by atoms with Crippen molar-refractivity contribution in [2.75, 3.05) is 7.11 Å². The number of carbonyl (C=O) groups is 1. The molecule has 0 aliphatic heterocycles. The summed E-state index contributed by atoms with van der Waals surface area (Å²) in [6.07, 6.45) is 3.56. The molecule has 0 bridgehead atoms. The molecule has 0 unspecified atom stereocenters. The number of nitrogens with zero attached hydrogens (tertiary/aromatic N) is 3. The smallest absolute Gasteiger partial charge is 0.330 e. The van der Waals surface area contributed by atoms with Gasteiger partial charge in [-0.1, -0.05) is 6.07 Å². The van der Waals surface area contributed by atoms with E-state index in [4.69, 9.17) is 10.5 Å². The highest BCUT2D eigenvalue weighted by Crippen LogP contribution is 2.13. The zero-order chi connectivity index (χ0) is 13.4. The molecule has 6 heteroatoms. The summed E-state index contributed by atoms with van der Waals surface area (Å²) in [6.45, 7) is 0. The molecule has 0 saturated heterocycles. The number of hydrogen-bond acceptors (Lipinski definition) is 6. The maximum Gasteiger partial charge on any atom is 0.330 e. The Labute approximate surface area is 108 Å². The van der Waals surface area contributed by atoms with Crippen LogP contribution in [0.3, 0.4) is 0 Å². The van der Waals surface area contributed by atoms with Crippen LogP contribution in [-0.4, -0.2) is 24.8 Å². The number of nitriles is 2. The fourth-order valence-corrected chi connectivity index (χ4v) is 1.57. The molecular formula is C12H9N3O2S. The third-order valence-electron chi connectivity index (χ3n) is 1.94. The molecule has 0 spiro atoms. The molecule has 18 heavy (non-hydrogen) atoms. The highest BCUT2D eigenvalue weighted by molar-refractivity contribution is 7.11. The van der Waals surface area contributed by atoms with Crippen LogP contribution in [0.15, 0.2) is 34.7 Å². The van der Waals surface area contributed by atoms with E-state index in [1.807, 2.05) is 11.4 Å². The van der Waals surface area contributed by atoms with E-state index in [-0.39, 0.29) is 0 Å². The van der Waals surface area contributed by atoms with Gasteiger partial charge in [0.2, 0.25) is 0 Å². The Morgan fingerprint density at radius 3 is 2.78 bits per heavy atom. The molecule has 0 aliphatic carbocycles. The minimum atomic E-state index is -1.71. The Bertz CT molecular complexity index is 533. The third-order valence-corrected chi connectivity index (χ3v) is 2.75. The lowest BCUT2D eigenvalue weighted by Gasteiger charge is -2.06. The number of methoxy groups -OCH3 is 1. The molecule has 1 heterocycles. The number of esters is 1. The highest BCUT2D eigenvalue weighted by Gasteiger charge is 2.25. The molecule has 5 nitrogen and oxygen atoms in total. The van der Waals surface area contributed by atoms with Gasteiger partial charge in [-0.15, -0.1) is 11.3 Å². The van der Waals surface area contributed by atoms with Crippen LogP contribution in [0.25, 0.3) is 0 Å². The zero-order valence-electron chi connectivity index (χ0n) is 9.53. The average Bonchev–Trinajstić information content (AvgIpc) is 2.92. The predicted molar refractivity (Wildman–Crippen MR) is 67.0 cm³/mol. The van der Waals surface area contributed by atoms with Gasteiger partial charge < -0.3 is 4.74 Å². The van der Waals surface area contributed by atoms with Gasteiger partial charge in [-0.25, -0.2) is 4.79 Å². The van der Waals surface area contributed by atoms with Gasteiger partial charge in [0.1, 0.15) is 12.1 Å². The van der Waals surface area contributed by atoms with E-state index in [1.54, 1.807) is 18.2 Å². The molecule has 0 N–H and O–H groups in total. The second-order valence-electron chi connectivity index (χ2n) is 3.12. The van der Waals surface area contributed by atoms with Gasteiger partial charge >= 0.3 is 5.97 Å². The highest BCUT2D eigenvalue weighted by atomic mass is 32.1. The summed E-state index contributed by atoms with van der Waals surface area (Å²) in [7, 11) is 1.21. The first-order valence-electron chi connectivity index (χ1n) is 4.84. The van der Waals surface area contributed by atoms with E-state index in [2.05, 4.69) is 9.73 Å². The lowest BCUT2D eigenvalue weighted by atomic mass is 10.0. The van der Waals surface area contributed by atoms with Crippen LogP contribution >= 0.6 is 11.3 Å². The van der Waals surface area contributed by atoms with Crippen molar-refractivity contribution in [2.24, 2.45) is 4.99 Å². The summed E-state index contributed by atoms with van der Waals surface area (Å²) in [6, 6.07) is 7.15. The van der Waals surface area contributed by atoms with Gasteiger partial charge in [0.15, 0.2) is 0 Å². The number of thiophene rings is 1. The standard InChI is InChI=1S/C12H9N3O2S/c1-17-11(16)4-5-12(8-13,9-14)15-7-10-3-2-6-18-10/h2-7H,1H3/b5-4-,15-7?. The van der Waals surface area contributed by atoms with Crippen LogP contribution in [0.5, 0.6) is 0 Å². The normalized spacial score (nSPS) is 11.3. The molecule has 0 aromatic carbocycles. The van der Waals surface area contributed by atoms with Gasteiger partial charge in [0, 0.05) is 17.2 Å². The molecule has 0 radical (unpaired) electrons. The molecule has 0 atom stereocenters. The van der Waals surface area contributed by atoms with E-state index in [0.29, 0.717) is 0 Å². The van der Waals surface area contributed by atoms with Crippen LogP contribution in [-0.2, 0) is 9.53 Å². The van der Waals surface area contributed by atoms with Crippen molar-refractivity contribution in [3.63, 3.8) is 0 Å². The predicted octanol–water partition coefficient (Wildman–Crippen LogP) is 1.68. The van der Waals surface area contributed by atoms with Crippen molar-refractivity contribution in [3.05, 3.63) is 34.5 Å². The van der Waals surface area contributed by atoms with E-state index in [9.17, 15) is 4.79 Å². The van der Waals surface area contributed by atoms with Crippen molar-refractivity contribution >= 4 is 23.5 Å². The molecule has 1 rings (SSSR count). The van der Waals surface area contributed by atoms with Crippen molar-refractivity contribution in [2.45, 2.75) is 5.54 Å². The number of hydrogen-bond donors (Lipinski definition) is 0. The Hall–Kier alpha value is -2.44. The fraction of sp³-hybridized carbons (Fsp3) is 0.167. The Morgan fingerprint density at radius 1 is 1.56 bits per heavy atom. The van der Waals surface area contributed by atoms with Crippen molar-refractivity contribution < 1.29 is 9.53 Å². The first-order valence-corrected chi connectivity index (χ1v) is 5.72. The first kappa shape index (κ1) is 13.6. The summed E-state index contributed by atoms with van der Waals surface area (Å²) in [4.78, 5) is 15.7. The SMILES string of the molecule is COC(=O)/C=C\C(C#N)(C#N)N=Cc1cccs1. The minimum absolute atomic E-state index is 0.642. The average molecular weight is 259 g/mol. The molecule has 0 fully saturated rings. The van der Waals surface area contributed by atoms with Crippen molar-refractivity contribution in [1.82, 2.24) is 0 Å². The summed E-state index contributed by atoms with van der Waals surface area (Å²) < 4.78 is 4.39. The lowest BCUT2D eigenvalue weighted by Crippen LogP contribution is -2.19. The maximum absolute atomic E-state index is 10.9. The number of aliphatic imine (C=N–C) groups is 1. The van der Waals surface area contributed by atoms with Gasteiger partial charge in [-0.3, -0.25) is 4.99 Å². The molecule has 0 aliphatic rings. The lowest BCUT2D eigenvalue weighted by molar-refractivity contribution is -0.134. The number of ether oxygens (including phenoxy) is 1. The van der Waals surface area contributed by atoms with Gasteiger partial charge in [-0.2, -0.15) is 10.5 Å². The monoisotopic (exact) mass is 259 g/mol.